The molecule has 0 spiro atoms. The maximum Gasteiger partial charge on any atom is 0.159 e. The Morgan fingerprint density at radius 3 is 2.50 bits per heavy atom. The standard InChI is InChI=1S/C13H15BrF2/c1-13(8-14,10-3-4-10)7-9-2-5-11(15)12(16)6-9/h2,5-6,10H,3-4,7-8H2,1H3. The molecule has 16 heavy (non-hydrogen) atoms. The van der Waals surface area contributed by atoms with E-state index in [1.807, 2.05) is 0 Å². The average Bonchev–Trinajstić information content (AvgIpc) is 3.07. The first kappa shape index (κ1) is 12.0. The van der Waals surface area contributed by atoms with E-state index < -0.39 is 11.6 Å². The highest BCUT2D eigenvalue weighted by Gasteiger charge is 2.40. The molecule has 3 heteroatoms. The second-order valence-electron chi connectivity index (χ2n) is 4.99. The number of halogens is 3. The minimum absolute atomic E-state index is 0.171. The van der Waals surface area contributed by atoms with Gasteiger partial charge in [0.15, 0.2) is 11.6 Å². The van der Waals surface area contributed by atoms with Crippen LogP contribution in [0, 0.1) is 23.0 Å². The van der Waals surface area contributed by atoms with Gasteiger partial charge in [-0.2, -0.15) is 0 Å². The van der Waals surface area contributed by atoms with E-state index in [0.717, 1.165) is 23.2 Å². The maximum absolute atomic E-state index is 13.1. The third kappa shape index (κ3) is 2.45. The van der Waals surface area contributed by atoms with E-state index in [-0.39, 0.29) is 5.41 Å². The van der Waals surface area contributed by atoms with Crippen molar-refractivity contribution < 1.29 is 8.78 Å². The van der Waals surface area contributed by atoms with Crippen molar-refractivity contribution in [3.8, 4) is 0 Å². The van der Waals surface area contributed by atoms with E-state index in [9.17, 15) is 8.78 Å². The van der Waals surface area contributed by atoms with Gasteiger partial charge in [0.2, 0.25) is 0 Å². The molecule has 0 aliphatic heterocycles. The molecule has 1 aromatic carbocycles. The summed E-state index contributed by atoms with van der Waals surface area (Å²) in [6, 6.07) is 4.21. The van der Waals surface area contributed by atoms with E-state index in [1.165, 1.54) is 25.0 Å². The molecule has 1 saturated carbocycles. The maximum atomic E-state index is 13.1. The van der Waals surface area contributed by atoms with Gasteiger partial charge in [-0.1, -0.05) is 28.9 Å². The highest BCUT2D eigenvalue weighted by Crippen LogP contribution is 2.48. The molecule has 0 aromatic heterocycles. The van der Waals surface area contributed by atoms with Crippen molar-refractivity contribution in [1.29, 1.82) is 0 Å². The molecule has 1 aliphatic rings. The van der Waals surface area contributed by atoms with Gasteiger partial charge in [0, 0.05) is 5.33 Å². The number of rotatable bonds is 4. The van der Waals surface area contributed by atoms with Crippen LogP contribution in [0.1, 0.15) is 25.3 Å². The Balaban J connectivity index is 2.15. The predicted octanol–water partition coefficient (Wildman–Crippen LogP) is 4.32. The van der Waals surface area contributed by atoms with Crippen LogP contribution in [0.2, 0.25) is 0 Å². The van der Waals surface area contributed by atoms with Crippen molar-refractivity contribution in [2.24, 2.45) is 11.3 Å². The molecule has 0 N–H and O–H groups in total. The van der Waals surface area contributed by atoms with Gasteiger partial charge in [0.1, 0.15) is 0 Å². The second kappa shape index (κ2) is 4.44. The van der Waals surface area contributed by atoms with Crippen molar-refractivity contribution >= 4 is 15.9 Å². The molecule has 1 unspecified atom stereocenters. The Morgan fingerprint density at radius 1 is 1.31 bits per heavy atom. The van der Waals surface area contributed by atoms with Gasteiger partial charge in [-0.3, -0.25) is 0 Å². The number of benzene rings is 1. The molecule has 1 fully saturated rings. The first-order chi connectivity index (χ1) is 7.55. The summed E-state index contributed by atoms with van der Waals surface area (Å²) >= 11 is 3.54. The molecule has 1 aromatic rings. The summed E-state index contributed by atoms with van der Waals surface area (Å²) in [4.78, 5) is 0. The van der Waals surface area contributed by atoms with E-state index in [1.54, 1.807) is 6.07 Å². The van der Waals surface area contributed by atoms with Gasteiger partial charge in [-0.15, -0.1) is 0 Å². The zero-order chi connectivity index (χ0) is 11.8. The highest BCUT2D eigenvalue weighted by molar-refractivity contribution is 9.09. The van der Waals surface area contributed by atoms with Crippen LogP contribution in [-0.4, -0.2) is 5.33 Å². The molecule has 1 atom stereocenters. The van der Waals surface area contributed by atoms with Crippen molar-refractivity contribution in [3.05, 3.63) is 35.4 Å². The third-order valence-electron chi connectivity index (χ3n) is 3.46. The summed E-state index contributed by atoms with van der Waals surface area (Å²) in [5, 5.41) is 0.906. The van der Waals surface area contributed by atoms with Gasteiger partial charge in [-0.25, -0.2) is 8.78 Å². The smallest absolute Gasteiger partial charge is 0.159 e. The Hall–Kier alpha value is -0.440. The van der Waals surface area contributed by atoms with Crippen LogP contribution in [-0.2, 0) is 6.42 Å². The van der Waals surface area contributed by atoms with Crippen molar-refractivity contribution in [2.75, 3.05) is 5.33 Å². The van der Waals surface area contributed by atoms with Crippen LogP contribution >= 0.6 is 15.9 Å². The van der Waals surface area contributed by atoms with Gasteiger partial charge in [0.05, 0.1) is 0 Å². The summed E-state index contributed by atoms with van der Waals surface area (Å²) in [7, 11) is 0. The molecule has 0 saturated heterocycles. The minimum atomic E-state index is -0.768. The third-order valence-corrected chi connectivity index (χ3v) is 4.74. The van der Waals surface area contributed by atoms with Gasteiger partial charge < -0.3 is 0 Å². The van der Waals surface area contributed by atoms with E-state index in [0.29, 0.717) is 0 Å². The van der Waals surface area contributed by atoms with E-state index >= 15 is 0 Å². The van der Waals surface area contributed by atoms with Crippen molar-refractivity contribution in [3.63, 3.8) is 0 Å². The fourth-order valence-corrected chi connectivity index (χ4v) is 2.85. The van der Waals surface area contributed by atoms with Crippen LogP contribution in [0.3, 0.4) is 0 Å². The molecular formula is C13H15BrF2. The molecule has 0 heterocycles. The van der Waals surface area contributed by atoms with Gasteiger partial charge in [0.25, 0.3) is 0 Å². The minimum Gasteiger partial charge on any atom is -0.204 e. The monoisotopic (exact) mass is 288 g/mol. The highest BCUT2D eigenvalue weighted by atomic mass is 79.9. The second-order valence-corrected chi connectivity index (χ2v) is 5.55. The lowest BCUT2D eigenvalue weighted by Crippen LogP contribution is -2.24. The summed E-state index contributed by atoms with van der Waals surface area (Å²) < 4.78 is 25.9. The number of hydrogen-bond donors (Lipinski definition) is 0. The summed E-state index contributed by atoms with van der Waals surface area (Å²) in [5.74, 6) is -0.791. The van der Waals surface area contributed by atoms with Crippen LogP contribution in [0.5, 0.6) is 0 Å². The summed E-state index contributed by atoms with van der Waals surface area (Å²) in [6.07, 6.45) is 3.32. The molecule has 0 radical (unpaired) electrons. The lowest BCUT2D eigenvalue weighted by molar-refractivity contribution is 0.318. The van der Waals surface area contributed by atoms with Crippen LogP contribution in [0.4, 0.5) is 8.78 Å². The zero-order valence-electron chi connectivity index (χ0n) is 9.27. The Bertz CT molecular complexity index is 388. The summed E-state index contributed by atoms with van der Waals surface area (Å²) in [6.45, 7) is 2.21. The number of hydrogen-bond acceptors (Lipinski definition) is 0. The lowest BCUT2D eigenvalue weighted by atomic mass is 9.81. The van der Waals surface area contributed by atoms with E-state index in [4.69, 9.17) is 0 Å². The fourth-order valence-electron chi connectivity index (χ4n) is 2.20. The van der Waals surface area contributed by atoms with Gasteiger partial charge in [-0.05, 0) is 48.3 Å². The topological polar surface area (TPSA) is 0 Å². The lowest BCUT2D eigenvalue weighted by Gasteiger charge is -2.27. The number of alkyl halides is 1. The van der Waals surface area contributed by atoms with E-state index in [2.05, 4.69) is 22.9 Å². The Kier molecular flexibility index (Phi) is 3.34. The largest absolute Gasteiger partial charge is 0.204 e. The normalized spacial score (nSPS) is 19.5. The summed E-state index contributed by atoms with van der Waals surface area (Å²) in [5.41, 5.74) is 1.05. The molecule has 0 bridgehead atoms. The Labute approximate surface area is 103 Å². The van der Waals surface area contributed by atoms with Crippen LogP contribution in [0.15, 0.2) is 18.2 Å². The van der Waals surface area contributed by atoms with Crippen molar-refractivity contribution in [1.82, 2.24) is 0 Å². The zero-order valence-corrected chi connectivity index (χ0v) is 10.9. The Morgan fingerprint density at radius 2 is 2.00 bits per heavy atom. The molecule has 1 aliphatic carbocycles. The predicted molar refractivity (Wildman–Crippen MR) is 64.7 cm³/mol. The van der Waals surface area contributed by atoms with Gasteiger partial charge >= 0.3 is 0 Å². The molecule has 2 rings (SSSR count). The van der Waals surface area contributed by atoms with Crippen LogP contribution in [0.25, 0.3) is 0 Å². The molecule has 0 nitrogen and oxygen atoms in total. The SMILES string of the molecule is CC(CBr)(Cc1ccc(F)c(F)c1)C1CC1. The first-order valence-electron chi connectivity index (χ1n) is 5.55. The quantitative estimate of drug-likeness (QED) is 0.724. The average molecular weight is 289 g/mol. The molecular weight excluding hydrogens is 274 g/mol. The van der Waals surface area contributed by atoms with Crippen LogP contribution < -0.4 is 0 Å². The molecule has 0 amide bonds. The molecule has 88 valence electrons. The van der Waals surface area contributed by atoms with Crippen molar-refractivity contribution in [2.45, 2.75) is 26.2 Å². The first-order valence-corrected chi connectivity index (χ1v) is 6.67. The fraction of sp³-hybridized carbons (Fsp3) is 0.538.